The average Bonchev–Trinajstić information content (AvgIpc) is 3.03. The summed E-state index contributed by atoms with van der Waals surface area (Å²) in [5, 5.41) is 0. The molecule has 0 bridgehead atoms. The number of hydrogen-bond donors (Lipinski definition) is 1. The lowest BCUT2D eigenvalue weighted by molar-refractivity contribution is 0.0748. The van der Waals surface area contributed by atoms with E-state index in [1.165, 1.54) is 23.4 Å². The van der Waals surface area contributed by atoms with Crippen LogP contribution in [0, 0.1) is 6.92 Å². The van der Waals surface area contributed by atoms with Gasteiger partial charge in [0.1, 0.15) is 0 Å². The lowest BCUT2D eigenvalue weighted by Gasteiger charge is -2.23. The van der Waals surface area contributed by atoms with E-state index < -0.39 is 10.0 Å². The van der Waals surface area contributed by atoms with Crippen LogP contribution in [0.4, 0.5) is 0 Å². The summed E-state index contributed by atoms with van der Waals surface area (Å²) in [5.41, 5.74) is 6.84. The van der Waals surface area contributed by atoms with Crippen LogP contribution >= 0.6 is 12.4 Å². The maximum Gasteiger partial charge on any atom is 0.267 e. The van der Waals surface area contributed by atoms with Crippen LogP contribution in [0.3, 0.4) is 0 Å². The molecule has 0 saturated carbocycles. The van der Waals surface area contributed by atoms with Crippen molar-refractivity contribution in [3.63, 3.8) is 0 Å². The van der Waals surface area contributed by atoms with E-state index in [2.05, 4.69) is 0 Å². The molecular weight excluding hydrogens is 350 g/mol. The molecule has 0 aliphatic rings. The van der Waals surface area contributed by atoms with Crippen LogP contribution in [0.2, 0.25) is 0 Å². The highest BCUT2D eigenvalue weighted by molar-refractivity contribution is 7.90. The van der Waals surface area contributed by atoms with Crippen molar-refractivity contribution in [3.05, 3.63) is 53.9 Å². The molecule has 1 atom stereocenters. The number of halogens is 1. The Balaban J connectivity index is 0.00000288. The summed E-state index contributed by atoms with van der Waals surface area (Å²) in [4.78, 5) is 14.0. The summed E-state index contributed by atoms with van der Waals surface area (Å²) in [6.45, 7) is 4.06. The summed E-state index contributed by atoms with van der Waals surface area (Å²) in [6.07, 6.45) is 2.71. The molecule has 0 spiro atoms. The standard InChI is InChI=1S/C16H21N3O3S.ClH/c1-12-4-6-15(7-5-12)23(21,22)19-9-8-14(11-19)16(20)18(3)13(2)10-17;/h4-9,11,13H,10,17H2,1-3H3;1H. The topological polar surface area (TPSA) is 85.4 Å². The number of nitrogens with two attached hydrogens (primary N) is 1. The molecule has 2 N–H and O–H groups in total. The third-order valence-electron chi connectivity index (χ3n) is 3.83. The van der Waals surface area contributed by atoms with Crippen molar-refractivity contribution in [1.29, 1.82) is 0 Å². The maximum absolute atomic E-state index is 12.6. The molecule has 1 aromatic heterocycles. The normalized spacial score (nSPS) is 12.3. The minimum absolute atomic E-state index is 0. The lowest BCUT2D eigenvalue weighted by atomic mass is 10.2. The SMILES string of the molecule is Cc1ccc(S(=O)(=O)n2ccc(C(=O)N(C)C(C)CN)c2)cc1.Cl. The highest BCUT2D eigenvalue weighted by Crippen LogP contribution is 2.17. The van der Waals surface area contributed by atoms with Crippen LogP contribution in [-0.4, -0.2) is 42.8 Å². The minimum Gasteiger partial charge on any atom is -0.338 e. The third kappa shape index (κ3) is 3.98. The van der Waals surface area contributed by atoms with Crippen molar-refractivity contribution in [2.75, 3.05) is 13.6 Å². The number of rotatable bonds is 5. The lowest BCUT2D eigenvalue weighted by Crippen LogP contribution is -2.39. The molecule has 0 aliphatic heterocycles. The third-order valence-corrected chi connectivity index (χ3v) is 5.48. The van der Waals surface area contributed by atoms with E-state index in [1.54, 1.807) is 31.3 Å². The fourth-order valence-corrected chi connectivity index (χ4v) is 3.24. The maximum atomic E-state index is 12.6. The van der Waals surface area contributed by atoms with E-state index in [0.29, 0.717) is 12.1 Å². The van der Waals surface area contributed by atoms with Crippen LogP contribution in [-0.2, 0) is 10.0 Å². The number of hydrogen-bond acceptors (Lipinski definition) is 4. The van der Waals surface area contributed by atoms with Crippen molar-refractivity contribution in [1.82, 2.24) is 8.87 Å². The van der Waals surface area contributed by atoms with Crippen LogP contribution < -0.4 is 5.73 Å². The van der Waals surface area contributed by atoms with Gasteiger partial charge in [0.05, 0.1) is 10.5 Å². The Morgan fingerprint density at radius 1 is 1.25 bits per heavy atom. The average molecular weight is 372 g/mol. The quantitative estimate of drug-likeness (QED) is 0.869. The second kappa shape index (κ2) is 7.83. The molecule has 8 heteroatoms. The molecule has 6 nitrogen and oxygen atoms in total. The second-order valence-corrected chi connectivity index (χ2v) is 7.39. The van der Waals surface area contributed by atoms with Crippen LogP contribution in [0.25, 0.3) is 0 Å². The minimum atomic E-state index is -3.70. The first-order valence-electron chi connectivity index (χ1n) is 7.25. The largest absolute Gasteiger partial charge is 0.338 e. The molecule has 1 heterocycles. The van der Waals surface area contributed by atoms with Gasteiger partial charge in [-0.05, 0) is 32.0 Å². The Labute approximate surface area is 148 Å². The van der Waals surface area contributed by atoms with Gasteiger partial charge in [-0.3, -0.25) is 4.79 Å². The van der Waals surface area contributed by atoms with Crippen LogP contribution in [0.15, 0.2) is 47.6 Å². The van der Waals surface area contributed by atoms with E-state index >= 15 is 0 Å². The van der Waals surface area contributed by atoms with Gasteiger partial charge in [0.2, 0.25) is 0 Å². The monoisotopic (exact) mass is 371 g/mol. The van der Waals surface area contributed by atoms with E-state index in [-0.39, 0.29) is 29.3 Å². The summed E-state index contributed by atoms with van der Waals surface area (Å²) < 4.78 is 26.2. The van der Waals surface area contributed by atoms with E-state index in [0.717, 1.165) is 9.54 Å². The van der Waals surface area contributed by atoms with Crippen molar-refractivity contribution in [3.8, 4) is 0 Å². The Hall–Kier alpha value is -1.83. The summed E-state index contributed by atoms with van der Waals surface area (Å²) in [7, 11) is -2.05. The fraction of sp³-hybridized carbons (Fsp3) is 0.312. The van der Waals surface area contributed by atoms with E-state index in [1.807, 2.05) is 13.8 Å². The molecular formula is C16H22ClN3O3S. The van der Waals surface area contributed by atoms with Crippen molar-refractivity contribution in [2.45, 2.75) is 24.8 Å². The highest BCUT2D eigenvalue weighted by atomic mass is 35.5. The number of carbonyl (C=O) groups excluding carboxylic acids is 1. The van der Waals surface area contributed by atoms with Crippen LogP contribution in [0.1, 0.15) is 22.8 Å². The first-order valence-corrected chi connectivity index (χ1v) is 8.69. The van der Waals surface area contributed by atoms with Gasteiger partial charge in [-0.25, -0.2) is 12.4 Å². The molecule has 0 radical (unpaired) electrons. The zero-order valence-electron chi connectivity index (χ0n) is 13.8. The number of carbonyl (C=O) groups is 1. The molecule has 0 saturated heterocycles. The first kappa shape index (κ1) is 20.2. The highest BCUT2D eigenvalue weighted by Gasteiger charge is 2.21. The molecule has 0 fully saturated rings. The second-order valence-electron chi connectivity index (χ2n) is 5.55. The molecule has 1 unspecified atom stereocenters. The molecule has 2 aromatic rings. The number of benzene rings is 1. The summed E-state index contributed by atoms with van der Waals surface area (Å²) in [5.74, 6) is -0.263. The summed E-state index contributed by atoms with van der Waals surface area (Å²) >= 11 is 0. The van der Waals surface area contributed by atoms with E-state index in [9.17, 15) is 13.2 Å². The predicted molar refractivity (Wildman–Crippen MR) is 96.1 cm³/mol. The molecule has 1 aromatic carbocycles. The van der Waals surface area contributed by atoms with E-state index in [4.69, 9.17) is 5.73 Å². The fourth-order valence-electron chi connectivity index (χ4n) is 2.05. The summed E-state index contributed by atoms with van der Waals surface area (Å²) in [6, 6.07) is 7.94. The number of aromatic nitrogens is 1. The smallest absolute Gasteiger partial charge is 0.267 e. The predicted octanol–water partition coefficient (Wildman–Crippen LogP) is 1.87. The van der Waals surface area contributed by atoms with Crippen molar-refractivity contribution < 1.29 is 13.2 Å². The van der Waals surface area contributed by atoms with Crippen LogP contribution in [0.5, 0.6) is 0 Å². The van der Waals surface area contributed by atoms with Crippen molar-refractivity contribution >= 4 is 28.3 Å². The Bertz CT molecular complexity index is 800. The molecule has 0 aliphatic carbocycles. The van der Waals surface area contributed by atoms with Gasteiger partial charge in [-0.1, -0.05) is 17.7 Å². The zero-order chi connectivity index (χ0) is 17.2. The Morgan fingerprint density at radius 2 is 1.83 bits per heavy atom. The molecule has 132 valence electrons. The first-order chi connectivity index (χ1) is 10.8. The van der Waals surface area contributed by atoms with Gasteiger partial charge in [-0.15, -0.1) is 12.4 Å². The van der Waals surface area contributed by atoms with Gasteiger partial charge < -0.3 is 10.6 Å². The number of aryl methyl sites for hydroxylation is 1. The Morgan fingerprint density at radius 3 is 2.38 bits per heavy atom. The van der Waals surface area contributed by atoms with Gasteiger partial charge >= 0.3 is 0 Å². The van der Waals surface area contributed by atoms with Crippen molar-refractivity contribution in [2.24, 2.45) is 5.73 Å². The number of nitrogens with zero attached hydrogens (tertiary/aromatic N) is 2. The zero-order valence-corrected chi connectivity index (χ0v) is 15.5. The van der Waals surface area contributed by atoms with Gasteiger partial charge in [0, 0.05) is 32.0 Å². The van der Waals surface area contributed by atoms with Gasteiger partial charge in [0.25, 0.3) is 15.9 Å². The number of likely N-dealkylation sites (N-methyl/N-ethyl adjacent to an activating group) is 1. The van der Waals surface area contributed by atoms with Gasteiger partial charge in [-0.2, -0.15) is 0 Å². The Kier molecular flexibility index (Phi) is 6.59. The molecule has 1 amide bonds. The molecule has 2 rings (SSSR count). The molecule has 24 heavy (non-hydrogen) atoms. The van der Waals surface area contributed by atoms with Gasteiger partial charge in [0.15, 0.2) is 0 Å². The number of amides is 1.